The molecule has 0 bridgehead atoms. The predicted molar refractivity (Wildman–Crippen MR) is 247 cm³/mol. The second kappa shape index (κ2) is 20.7. The highest BCUT2D eigenvalue weighted by molar-refractivity contribution is 6.22. The van der Waals surface area contributed by atoms with Crippen LogP contribution in [0.25, 0.3) is 0 Å². The number of rotatable bonds is 10. The molecule has 64 heavy (non-hydrogen) atoms. The Morgan fingerprint density at radius 3 is 2.08 bits per heavy atom. The molecule has 0 radical (unpaired) electrons. The monoisotopic (exact) mass is 875 g/mol. The number of allylic oxidation sites excluding steroid dienone is 5. The second-order valence-electron chi connectivity index (χ2n) is 18.4. The number of benzene rings is 3. The highest BCUT2D eigenvalue weighted by Crippen LogP contribution is 2.48. The molecule has 0 aromatic heterocycles. The van der Waals surface area contributed by atoms with Crippen LogP contribution >= 0.6 is 0 Å². The number of carbonyl (C=O) groups is 4. The van der Waals surface area contributed by atoms with Crippen LogP contribution in [-0.4, -0.2) is 104 Å². The van der Waals surface area contributed by atoms with Gasteiger partial charge in [-0.05, 0) is 174 Å². The molecule has 2 aliphatic carbocycles. The predicted octanol–water partition coefficient (Wildman–Crippen LogP) is 8.12. The van der Waals surface area contributed by atoms with E-state index >= 15 is 8.78 Å². The van der Waals surface area contributed by atoms with E-state index in [0.717, 1.165) is 98.1 Å². The van der Waals surface area contributed by atoms with Gasteiger partial charge in [0.05, 0.1) is 23.7 Å². The first-order valence-corrected chi connectivity index (χ1v) is 22.9. The summed E-state index contributed by atoms with van der Waals surface area (Å²) in [5.41, 5.74) is 6.92. The number of hydrogen-bond acceptors (Lipinski definition) is 9. The molecule has 2 fully saturated rings. The number of halogens is 2. The molecule has 3 aromatic carbocycles. The van der Waals surface area contributed by atoms with Gasteiger partial charge in [-0.25, -0.2) is 8.78 Å². The summed E-state index contributed by atoms with van der Waals surface area (Å²) >= 11 is 0. The molecule has 10 nitrogen and oxygen atoms in total. The Hall–Kier alpha value is -5.30. The third-order valence-corrected chi connectivity index (χ3v) is 14.2. The van der Waals surface area contributed by atoms with Gasteiger partial charge in [0.2, 0.25) is 0 Å². The van der Waals surface area contributed by atoms with E-state index in [4.69, 9.17) is 0 Å². The number of piperidine rings is 2. The summed E-state index contributed by atoms with van der Waals surface area (Å²) in [4.78, 5) is 54.8. The van der Waals surface area contributed by atoms with Crippen LogP contribution < -0.4 is 10.2 Å². The molecule has 12 heteroatoms. The molecule has 340 valence electrons. The Morgan fingerprint density at radius 2 is 1.52 bits per heavy atom. The van der Waals surface area contributed by atoms with E-state index < -0.39 is 35.4 Å². The topological polar surface area (TPSA) is 114 Å². The molecule has 3 atom stereocenters. The van der Waals surface area contributed by atoms with Crippen LogP contribution in [0.4, 0.5) is 14.5 Å². The van der Waals surface area contributed by atoms with E-state index in [1.807, 2.05) is 25.1 Å². The standard InChI is InChI=1S/C32H38F2N2O.C18H18N2O4.C2H7N/c1-35-15-11-32(12-16-35)13-17-36(18-14-32)24-20-28(33)31(29(34)21-24)30-26(22-5-3-2-4-6-22)9-7-23-19-25(37)8-10-27(23)30;1-2-3-4-14(11-22)20-17(23)15-7-12-9-19(5-6-21)10-13(12)8-16(15)18(20)24;1-3-2/h3,5-6,8,10,19-21,26,30,37H,2,4,7,9,11-18H2,1H3;2,6-8,11,14H,1,3-5,9-10H2;3H,1-2H3/t26-,30+;;/m1../s1. The maximum absolute atomic E-state index is 16.0. The first-order valence-electron chi connectivity index (χ1n) is 22.9. The van der Waals surface area contributed by atoms with Gasteiger partial charge in [-0.1, -0.05) is 30.4 Å². The van der Waals surface area contributed by atoms with Gasteiger partial charge in [-0.2, -0.15) is 0 Å². The molecular weight excluding hydrogens is 813 g/mol. The lowest BCUT2D eigenvalue weighted by molar-refractivity contribution is -0.111. The number of aryl methyl sites for hydroxylation is 1. The van der Waals surface area contributed by atoms with Crippen molar-refractivity contribution < 1.29 is 33.1 Å². The Kier molecular flexibility index (Phi) is 15.1. The SMILES string of the molecule is C=CCCC(C=O)N1C(=O)c2cc3c(cc2C1=O)CN(CC=O)C3.CN1CCC2(CC1)CCN(c1cc(F)c([C@@H]3c4ccc(O)cc4CC[C@@H]3C3=CCCC=C3)c(F)c1)CC2.CNC. The first-order chi connectivity index (χ1) is 30.9. The number of amides is 2. The second-order valence-corrected chi connectivity index (χ2v) is 18.4. The number of carbonyl (C=O) groups excluding carboxylic acids is 4. The zero-order chi connectivity index (χ0) is 45.5. The maximum Gasteiger partial charge on any atom is 0.262 e. The minimum absolute atomic E-state index is 0.0164. The van der Waals surface area contributed by atoms with Gasteiger partial charge < -0.3 is 29.8 Å². The van der Waals surface area contributed by atoms with E-state index in [-0.39, 0.29) is 17.2 Å². The highest BCUT2D eigenvalue weighted by atomic mass is 19.1. The molecule has 9 rings (SSSR count). The highest BCUT2D eigenvalue weighted by Gasteiger charge is 2.42. The summed E-state index contributed by atoms with van der Waals surface area (Å²) < 4.78 is 32.0. The van der Waals surface area contributed by atoms with Gasteiger partial charge in [0.1, 0.15) is 30.0 Å². The molecule has 0 saturated carbocycles. The number of nitrogens with zero attached hydrogens (tertiary/aromatic N) is 4. The fourth-order valence-electron chi connectivity index (χ4n) is 10.6. The molecule has 4 heterocycles. The van der Waals surface area contributed by atoms with Crippen molar-refractivity contribution in [3.63, 3.8) is 0 Å². The largest absolute Gasteiger partial charge is 0.508 e. The van der Waals surface area contributed by atoms with Crippen molar-refractivity contribution in [3.05, 3.63) is 129 Å². The molecule has 1 spiro atoms. The number of hydrogen-bond donors (Lipinski definition) is 2. The number of likely N-dealkylation sites (tertiary alicyclic amines) is 1. The Morgan fingerprint density at radius 1 is 0.891 bits per heavy atom. The molecular formula is C52H63F2N5O5. The fourth-order valence-corrected chi connectivity index (χ4v) is 10.6. The first kappa shape index (κ1) is 46.7. The van der Waals surface area contributed by atoms with Gasteiger partial charge in [0.15, 0.2) is 0 Å². The van der Waals surface area contributed by atoms with Crippen molar-refractivity contribution in [1.82, 2.24) is 20.0 Å². The number of nitrogens with one attached hydrogen (secondary N) is 1. The molecule has 2 N–H and O–H groups in total. The van der Waals surface area contributed by atoms with Gasteiger partial charge in [-0.15, -0.1) is 6.58 Å². The van der Waals surface area contributed by atoms with Crippen molar-refractivity contribution in [2.24, 2.45) is 11.3 Å². The molecule has 1 unspecified atom stereocenters. The summed E-state index contributed by atoms with van der Waals surface area (Å²) in [5, 5.41) is 12.8. The average molecular weight is 876 g/mol. The smallest absolute Gasteiger partial charge is 0.262 e. The van der Waals surface area contributed by atoms with Crippen molar-refractivity contribution in [2.75, 3.05) is 58.8 Å². The van der Waals surface area contributed by atoms with Crippen LogP contribution in [-0.2, 0) is 29.1 Å². The molecule has 4 aliphatic heterocycles. The lowest BCUT2D eigenvalue weighted by atomic mass is 9.68. The number of imide groups is 1. The summed E-state index contributed by atoms with van der Waals surface area (Å²) in [6.45, 7) is 9.08. The third kappa shape index (κ3) is 9.84. The van der Waals surface area contributed by atoms with Crippen LogP contribution in [0.1, 0.15) is 112 Å². The van der Waals surface area contributed by atoms with Crippen LogP contribution in [0.3, 0.4) is 0 Å². The normalized spacial score (nSPS) is 21.7. The average Bonchev–Trinajstić information content (AvgIpc) is 3.80. The van der Waals surface area contributed by atoms with Crippen molar-refractivity contribution in [3.8, 4) is 5.75 Å². The van der Waals surface area contributed by atoms with Crippen molar-refractivity contribution in [2.45, 2.75) is 89.3 Å². The third-order valence-electron chi connectivity index (χ3n) is 14.2. The minimum Gasteiger partial charge on any atom is -0.508 e. The van der Waals surface area contributed by atoms with E-state index in [1.54, 1.807) is 42.5 Å². The summed E-state index contributed by atoms with van der Waals surface area (Å²) in [7, 11) is 5.94. The summed E-state index contributed by atoms with van der Waals surface area (Å²) in [6.07, 6.45) is 18.8. The molecule has 2 saturated heterocycles. The Balaban J connectivity index is 0.000000196. The lowest BCUT2D eigenvalue weighted by Gasteiger charge is -2.47. The lowest BCUT2D eigenvalue weighted by Crippen LogP contribution is -2.46. The minimum atomic E-state index is -0.767. The van der Waals surface area contributed by atoms with E-state index in [1.165, 1.54) is 18.4 Å². The molecule has 6 aliphatic rings. The summed E-state index contributed by atoms with van der Waals surface area (Å²) in [5.74, 6) is -1.94. The summed E-state index contributed by atoms with van der Waals surface area (Å²) in [6, 6.07) is 11.1. The van der Waals surface area contributed by atoms with Crippen LogP contribution in [0.2, 0.25) is 0 Å². The number of phenolic OH excluding ortho intramolecular Hbond substituents is 1. The maximum atomic E-state index is 16.0. The van der Waals surface area contributed by atoms with Gasteiger partial charge in [0.25, 0.3) is 11.8 Å². The van der Waals surface area contributed by atoms with Crippen molar-refractivity contribution >= 4 is 30.1 Å². The fraction of sp³-hybridized carbons (Fsp3) is 0.462. The van der Waals surface area contributed by atoms with E-state index in [0.29, 0.717) is 61.0 Å². The zero-order valence-corrected chi connectivity index (χ0v) is 37.6. The number of aldehydes is 2. The van der Waals surface area contributed by atoms with Gasteiger partial charge >= 0.3 is 0 Å². The Bertz CT molecular complexity index is 2220. The number of fused-ring (bicyclic) bond motifs is 3. The quantitative estimate of drug-likeness (QED) is 0.119. The van der Waals surface area contributed by atoms with Crippen LogP contribution in [0, 0.1) is 23.0 Å². The molecule has 3 aromatic rings. The van der Waals surface area contributed by atoms with E-state index in [9.17, 15) is 24.3 Å². The van der Waals surface area contributed by atoms with Crippen LogP contribution in [0.15, 0.2) is 78.9 Å². The van der Waals surface area contributed by atoms with Crippen molar-refractivity contribution in [1.29, 1.82) is 0 Å². The number of aromatic hydroxyl groups is 1. The van der Waals surface area contributed by atoms with Gasteiger partial charge in [0, 0.05) is 43.3 Å². The Labute approximate surface area is 376 Å². The molecule has 2 amide bonds. The van der Waals surface area contributed by atoms with Gasteiger partial charge in [-0.3, -0.25) is 19.4 Å². The number of phenols is 1. The number of anilines is 1. The van der Waals surface area contributed by atoms with Crippen LogP contribution in [0.5, 0.6) is 5.75 Å². The zero-order valence-electron chi connectivity index (χ0n) is 37.6. The van der Waals surface area contributed by atoms with E-state index in [2.05, 4.69) is 47.0 Å².